The van der Waals surface area contributed by atoms with Gasteiger partial charge in [-0.15, -0.1) is 0 Å². The zero-order valence-corrected chi connectivity index (χ0v) is 13.3. The molecule has 0 aromatic carbocycles. The molecule has 0 heteroatoms. The van der Waals surface area contributed by atoms with Gasteiger partial charge in [0, 0.05) is 0 Å². The predicted molar refractivity (Wildman–Crippen MR) is 82.6 cm³/mol. The fourth-order valence-corrected chi connectivity index (χ4v) is 3.43. The summed E-state index contributed by atoms with van der Waals surface area (Å²) in [6.07, 6.45) is 16.9. The predicted octanol–water partition coefficient (Wildman–Crippen LogP) is 6.40. The molecule has 1 saturated carbocycles. The maximum absolute atomic E-state index is 2.57. The monoisotopic (exact) mass is 251 g/mol. The summed E-state index contributed by atoms with van der Waals surface area (Å²) in [5.41, 5.74) is 0.532. The van der Waals surface area contributed by atoms with Gasteiger partial charge in [-0.05, 0) is 36.5 Å². The Labute approximate surface area is 116 Å². The molecule has 18 heavy (non-hydrogen) atoms. The van der Waals surface area contributed by atoms with E-state index in [1.807, 2.05) is 0 Å². The van der Waals surface area contributed by atoms with Crippen molar-refractivity contribution in [2.24, 2.45) is 17.3 Å². The number of unbranched alkanes of at least 4 members (excludes halogenated alkanes) is 4. The first-order valence-electron chi connectivity index (χ1n) is 8.33. The molecule has 0 amide bonds. The fourth-order valence-electron chi connectivity index (χ4n) is 3.43. The summed E-state index contributed by atoms with van der Waals surface area (Å²) in [4.78, 5) is 0. The van der Waals surface area contributed by atoms with Crippen LogP contribution in [0.5, 0.6) is 0 Å². The average Bonchev–Trinajstić information content (AvgIpc) is 2.29. The van der Waals surface area contributed by atoms with Crippen molar-refractivity contribution in [1.29, 1.82) is 0 Å². The first kappa shape index (κ1) is 16.1. The van der Waals surface area contributed by atoms with E-state index in [0.29, 0.717) is 5.41 Å². The van der Waals surface area contributed by atoms with Crippen LogP contribution in [0.4, 0.5) is 0 Å². The molecule has 0 N–H and O–H groups in total. The van der Waals surface area contributed by atoms with Crippen molar-refractivity contribution in [2.75, 3.05) is 0 Å². The maximum Gasteiger partial charge on any atom is -0.0380 e. The second-order valence-corrected chi connectivity index (χ2v) is 7.67. The van der Waals surface area contributed by atoms with E-state index in [1.54, 1.807) is 0 Å². The summed E-state index contributed by atoms with van der Waals surface area (Å²) in [5, 5.41) is 0. The Morgan fingerprint density at radius 1 is 0.944 bits per heavy atom. The Balaban J connectivity index is 2.05. The van der Waals surface area contributed by atoms with Gasteiger partial charge in [-0.25, -0.2) is 0 Å². The molecule has 1 aliphatic carbocycles. The molecule has 0 heterocycles. The van der Waals surface area contributed by atoms with Crippen LogP contribution >= 0.6 is 0 Å². The highest BCUT2D eigenvalue weighted by molar-refractivity contribution is 4.79. The van der Waals surface area contributed by atoms with Crippen molar-refractivity contribution in [3.8, 4) is 0 Å². The number of rotatable bonds is 7. The normalized spacial score (nSPS) is 25.3. The molecule has 0 atom stereocenters. The minimum Gasteiger partial charge on any atom is -0.0654 e. The molecule has 1 aliphatic rings. The van der Waals surface area contributed by atoms with Gasteiger partial charge in [0.05, 0.1) is 0 Å². The van der Waals surface area contributed by atoms with Gasteiger partial charge in [-0.2, -0.15) is 0 Å². The van der Waals surface area contributed by atoms with Gasteiger partial charge >= 0.3 is 0 Å². The minimum atomic E-state index is 0.532. The summed E-state index contributed by atoms with van der Waals surface area (Å²) in [6.45, 7) is 9.46. The molecule has 0 nitrogen and oxygen atoms in total. The van der Waals surface area contributed by atoms with E-state index in [2.05, 4.69) is 34.1 Å². The molecule has 0 bridgehead atoms. The van der Waals surface area contributed by atoms with Crippen molar-refractivity contribution in [1.82, 2.24) is 0 Å². The minimum absolute atomic E-state index is 0.532. The molecule has 1 radical (unpaired) electrons. The Hall–Kier alpha value is 0. The van der Waals surface area contributed by atoms with Crippen LogP contribution in [0.1, 0.15) is 91.9 Å². The molecular formula is C18H35. The van der Waals surface area contributed by atoms with Crippen molar-refractivity contribution in [3.05, 3.63) is 6.42 Å². The zero-order valence-electron chi connectivity index (χ0n) is 13.3. The second kappa shape index (κ2) is 8.23. The molecule has 0 spiro atoms. The number of hydrogen-bond acceptors (Lipinski definition) is 0. The third-order valence-electron chi connectivity index (χ3n) is 4.38. The molecule has 1 fully saturated rings. The maximum atomic E-state index is 2.57. The van der Waals surface area contributed by atoms with Crippen LogP contribution in [0.25, 0.3) is 0 Å². The summed E-state index contributed by atoms with van der Waals surface area (Å²) in [5.74, 6) is 2.03. The Bertz CT molecular complexity index is 191. The van der Waals surface area contributed by atoms with Gasteiger partial charge in [0.15, 0.2) is 0 Å². The van der Waals surface area contributed by atoms with E-state index in [4.69, 9.17) is 0 Å². The summed E-state index contributed by atoms with van der Waals surface area (Å²) in [6, 6.07) is 0. The van der Waals surface area contributed by atoms with E-state index < -0.39 is 0 Å². The lowest BCUT2D eigenvalue weighted by molar-refractivity contribution is 0.203. The van der Waals surface area contributed by atoms with E-state index >= 15 is 0 Å². The van der Waals surface area contributed by atoms with Crippen LogP contribution in [0.3, 0.4) is 0 Å². The number of hydrogen-bond donors (Lipinski definition) is 0. The smallest absolute Gasteiger partial charge is 0.0380 e. The van der Waals surface area contributed by atoms with Crippen LogP contribution in [0, 0.1) is 23.7 Å². The molecular weight excluding hydrogens is 216 g/mol. The van der Waals surface area contributed by atoms with Crippen molar-refractivity contribution in [2.45, 2.75) is 91.9 Å². The summed E-state index contributed by atoms with van der Waals surface area (Å²) in [7, 11) is 0. The lowest BCUT2D eigenvalue weighted by Crippen LogP contribution is -2.19. The SMILES string of the molecule is CCCCC[CH]CC1CCC(CC(C)(C)C)CC1. The van der Waals surface area contributed by atoms with Crippen LogP contribution in [-0.4, -0.2) is 0 Å². The second-order valence-electron chi connectivity index (χ2n) is 7.67. The van der Waals surface area contributed by atoms with Gasteiger partial charge in [0.1, 0.15) is 0 Å². The lowest BCUT2D eigenvalue weighted by Gasteiger charge is -2.32. The summed E-state index contributed by atoms with van der Waals surface area (Å²) < 4.78 is 0. The molecule has 0 aromatic rings. The summed E-state index contributed by atoms with van der Waals surface area (Å²) >= 11 is 0. The first-order chi connectivity index (χ1) is 8.51. The third-order valence-corrected chi connectivity index (χ3v) is 4.38. The third kappa shape index (κ3) is 7.44. The van der Waals surface area contributed by atoms with Crippen molar-refractivity contribution < 1.29 is 0 Å². The van der Waals surface area contributed by atoms with E-state index in [-0.39, 0.29) is 0 Å². The molecule has 107 valence electrons. The Morgan fingerprint density at radius 2 is 1.56 bits per heavy atom. The van der Waals surface area contributed by atoms with Gasteiger partial charge < -0.3 is 0 Å². The highest BCUT2D eigenvalue weighted by Crippen LogP contribution is 2.37. The van der Waals surface area contributed by atoms with Crippen LogP contribution in [-0.2, 0) is 0 Å². The Kier molecular flexibility index (Phi) is 7.34. The fraction of sp³-hybridized carbons (Fsp3) is 0.944. The molecule has 0 aromatic heterocycles. The standard InChI is InChI=1S/C18H35/c1-5-6-7-8-9-10-16-11-13-17(14-12-16)15-18(2,3)4/h9,16-17H,5-8,10-15H2,1-4H3. The van der Waals surface area contributed by atoms with E-state index in [9.17, 15) is 0 Å². The molecule has 0 unspecified atom stereocenters. The topological polar surface area (TPSA) is 0 Å². The van der Waals surface area contributed by atoms with Crippen LogP contribution < -0.4 is 0 Å². The van der Waals surface area contributed by atoms with E-state index in [0.717, 1.165) is 11.8 Å². The van der Waals surface area contributed by atoms with Crippen LogP contribution in [0.2, 0.25) is 0 Å². The lowest BCUT2D eigenvalue weighted by atomic mass is 9.73. The van der Waals surface area contributed by atoms with E-state index in [1.165, 1.54) is 64.2 Å². The highest BCUT2D eigenvalue weighted by Gasteiger charge is 2.24. The van der Waals surface area contributed by atoms with Gasteiger partial charge in [-0.1, -0.05) is 79.1 Å². The quantitative estimate of drug-likeness (QED) is 0.459. The molecule has 1 rings (SSSR count). The van der Waals surface area contributed by atoms with Crippen molar-refractivity contribution >= 4 is 0 Å². The zero-order chi connectivity index (χ0) is 13.4. The Morgan fingerprint density at radius 3 is 2.11 bits per heavy atom. The van der Waals surface area contributed by atoms with Gasteiger partial charge in [0.2, 0.25) is 0 Å². The van der Waals surface area contributed by atoms with Crippen LogP contribution in [0.15, 0.2) is 0 Å². The largest absolute Gasteiger partial charge is 0.0654 e. The average molecular weight is 251 g/mol. The van der Waals surface area contributed by atoms with Crippen molar-refractivity contribution in [3.63, 3.8) is 0 Å². The molecule has 0 saturated heterocycles. The molecule has 0 aliphatic heterocycles. The first-order valence-corrected chi connectivity index (χ1v) is 8.33. The highest BCUT2D eigenvalue weighted by atomic mass is 14.3. The van der Waals surface area contributed by atoms with Gasteiger partial charge in [-0.3, -0.25) is 0 Å². The van der Waals surface area contributed by atoms with Gasteiger partial charge in [0.25, 0.3) is 0 Å².